The molecule has 6 aromatic rings. The van der Waals surface area contributed by atoms with Crippen molar-refractivity contribution in [1.29, 1.82) is 0 Å². The average molecular weight is 571 g/mol. The maximum Gasteiger partial charge on any atom is 0.150 e. The summed E-state index contributed by atoms with van der Waals surface area (Å²) < 4.78 is 17.6. The largest absolute Gasteiger partial charge is 0.313 e. The molecule has 5 aromatic carbocycles. The van der Waals surface area contributed by atoms with E-state index in [0.29, 0.717) is 0 Å². The van der Waals surface area contributed by atoms with E-state index < -0.39 is 15.1 Å². The highest BCUT2D eigenvalue weighted by Gasteiger charge is 2.35. The van der Waals surface area contributed by atoms with Gasteiger partial charge in [0.05, 0.1) is 0 Å². The monoisotopic (exact) mass is 570 g/mol. The fraction of sp³-hybridized carbons (Fsp3) is 0.0556. The Labute approximate surface area is 240 Å². The first-order valence-electron chi connectivity index (χ1n) is 13.6. The van der Waals surface area contributed by atoms with E-state index in [9.17, 15) is 0 Å². The van der Waals surface area contributed by atoms with Crippen molar-refractivity contribution in [2.45, 2.75) is 12.1 Å². The van der Waals surface area contributed by atoms with Crippen LogP contribution in [0.4, 0.5) is 0 Å². The summed E-state index contributed by atoms with van der Waals surface area (Å²) in [6.07, 6.45) is 9.16. The third kappa shape index (κ3) is 4.51. The predicted octanol–water partition coefficient (Wildman–Crippen LogP) is 8.01. The first-order valence-corrected chi connectivity index (χ1v) is 17.5. The summed E-state index contributed by atoms with van der Waals surface area (Å²) in [6, 6.07) is 45.3. The van der Waals surface area contributed by atoms with E-state index in [2.05, 4.69) is 115 Å². The molecule has 2 unspecified atom stereocenters. The lowest BCUT2D eigenvalue weighted by Crippen LogP contribution is -2.25. The van der Waals surface area contributed by atoms with E-state index in [1.165, 1.54) is 36.1 Å². The van der Waals surface area contributed by atoms with Gasteiger partial charge in [0, 0.05) is 36.4 Å². The van der Waals surface area contributed by atoms with Crippen LogP contribution in [0.5, 0.6) is 0 Å². The van der Waals surface area contributed by atoms with Gasteiger partial charge < -0.3 is 4.57 Å². The van der Waals surface area contributed by atoms with Crippen molar-refractivity contribution in [2.75, 3.05) is 0 Å². The molecule has 0 amide bonds. The maximum absolute atomic E-state index is 15.1. The zero-order chi connectivity index (χ0) is 26.9. The van der Waals surface area contributed by atoms with E-state index in [1.807, 2.05) is 47.7 Å². The van der Waals surface area contributed by atoms with Gasteiger partial charge in [0.15, 0.2) is 0 Å². The molecule has 0 saturated heterocycles. The Bertz CT molecular complexity index is 1870. The number of fused-ring (bicyclic) bond motifs is 3. The molecule has 1 aromatic heterocycles. The SMILES string of the molecule is O=P(c1ccccc1)(c1ccc2sc3ccc(P(c4ccccc4)c4ccccc4)cc3c2c1)C1C=CC=CC1. The normalized spacial score (nSPS) is 16.5. The minimum Gasteiger partial charge on any atom is -0.313 e. The Kier molecular flexibility index (Phi) is 6.86. The number of benzene rings is 5. The van der Waals surface area contributed by atoms with Crippen LogP contribution in [0.25, 0.3) is 20.2 Å². The van der Waals surface area contributed by atoms with Crippen LogP contribution in [-0.4, -0.2) is 5.66 Å². The van der Waals surface area contributed by atoms with Crippen LogP contribution in [0.2, 0.25) is 0 Å². The molecular formula is C36H28OP2S. The number of hydrogen-bond acceptors (Lipinski definition) is 2. The second kappa shape index (κ2) is 10.8. The van der Waals surface area contributed by atoms with E-state index in [0.717, 1.165) is 17.0 Å². The van der Waals surface area contributed by atoms with Gasteiger partial charge in [0.2, 0.25) is 0 Å². The van der Waals surface area contributed by atoms with Gasteiger partial charge in [-0.15, -0.1) is 11.3 Å². The third-order valence-corrected chi connectivity index (χ3v) is 14.7. The summed E-state index contributed by atoms with van der Waals surface area (Å²) in [5.74, 6) is 0. The highest BCUT2D eigenvalue weighted by molar-refractivity contribution is 7.80. The highest BCUT2D eigenvalue weighted by Crippen LogP contribution is 2.52. The van der Waals surface area contributed by atoms with Crippen molar-refractivity contribution in [1.82, 2.24) is 0 Å². The van der Waals surface area contributed by atoms with Gasteiger partial charge in [-0.2, -0.15) is 0 Å². The molecular weight excluding hydrogens is 542 g/mol. The Morgan fingerprint density at radius 3 is 1.82 bits per heavy atom. The molecule has 0 bridgehead atoms. The van der Waals surface area contributed by atoms with Crippen molar-refractivity contribution < 1.29 is 4.57 Å². The molecule has 0 N–H and O–H groups in total. The summed E-state index contributed by atoms with van der Waals surface area (Å²) in [5.41, 5.74) is -0.0400. The van der Waals surface area contributed by atoms with E-state index in [1.54, 1.807) is 0 Å². The van der Waals surface area contributed by atoms with Crippen molar-refractivity contribution in [3.63, 3.8) is 0 Å². The minimum atomic E-state index is -2.91. The van der Waals surface area contributed by atoms with Crippen LogP contribution in [-0.2, 0) is 4.57 Å². The van der Waals surface area contributed by atoms with Gasteiger partial charge in [-0.05, 0) is 60.6 Å². The molecule has 2 atom stereocenters. The summed E-state index contributed by atoms with van der Waals surface area (Å²) in [7, 11) is -3.61. The number of allylic oxidation sites excluding steroid dienone is 4. The number of hydrogen-bond donors (Lipinski definition) is 0. The second-order valence-electron chi connectivity index (χ2n) is 10.1. The minimum absolute atomic E-state index is 0.0400. The van der Waals surface area contributed by atoms with Crippen molar-refractivity contribution in [3.8, 4) is 0 Å². The molecule has 40 heavy (non-hydrogen) atoms. The summed E-state index contributed by atoms with van der Waals surface area (Å²) in [6.45, 7) is 0. The lowest BCUT2D eigenvalue weighted by atomic mass is 10.1. The zero-order valence-electron chi connectivity index (χ0n) is 21.9. The molecule has 0 spiro atoms. The zero-order valence-corrected chi connectivity index (χ0v) is 24.5. The van der Waals surface area contributed by atoms with Crippen LogP contribution in [0.15, 0.2) is 152 Å². The van der Waals surface area contributed by atoms with Gasteiger partial charge in [0.1, 0.15) is 7.14 Å². The van der Waals surface area contributed by atoms with Crippen LogP contribution in [0, 0.1) is 0 Å². The Morgan fingerprint density at radius 2 is 1.20 bits per heavy atom. The average Bonchev–Trinajstić information content (AvgIpc) is 3.40. The Morgan fingerprint density at radius 1 is 0.600 bits per heavy atom. The molecule has 0 aliphatic heterocycles. The lowest BCUT2D eigenvalue weighted by molar-refractivity contribution is 0.582. The molecule has 1 heterocycles. The lowest BCUT2D eigenvalue weighted by Gasteiger charge is -2.27. The molecule has 1 aliphatic carbocycles. The molecule has 4 heteroatoms. The van der Waals surface area contributed by atoms with Gasteiger partial charge in [-0.25, -0.2) is 0 Å². The van der Waals surface area contributed by atoms with E-state index in [-0.39, 0.29) is 5.66 Å². The van der Waals surface area contributed by atoms with Crippen LogP contribution >= 0.6 is 26.4 Å². The molecule has 194 valence electrons. The summed E-state index contributed by atoms with van der Waals surface area (Å²) in [5, 5.41) is 8.32. The second-order valence-corrected chi connectivity index (χ2v) is 16.4. The van der Waals surface area contributed by atoms with Crippen molar-refractivity contribution in [3.05, 3.63) is 152 Å². The molecule has 0 radical (unpaired) electrons. The van der Waals surface area contributed by atoms with E-state index >= 15 is 4.57 Å². The van der Waals surface area contributed by atoms with E-state index in [4.69, 9.17) is 0 Å². The molecule has 7 rings (SSSR count). The first kappa shape index (κ1) is 25.4. The fourth-order valence-electron chi connectivity index (χ4n) is 5.72. The van der Waals surface area contributed by atoms with Gasteiger partial charge in [0.25, 0.3) is 0 Å². The standard InChI is InChI=1S/C36H28OP2S/c37-39(30-17-9-3-10-18-30,31-19-11-4-12-20-31)32-22-24-36-34(26-32)33-25-29(21-23-35(33)40-36)38(27-13-5-1-6-14-27)28-15-7-2-8-16-28/h1-19,21-26,31H,20H2. The number of thiophene rings is 1. The third-order valence-electron chi connectivity index (χ3n) is 7.67. The molecule has 0 saturated carbocycles. The van der Waals surface area contributed by atoms with Gasteiger partial charge >= 0.3 is 0 Å². The smallest absolute Gasteiger partial charge is 0.150 e. The Balaban J connectivity index is 1.41. The quantitative estimate of drug-likeness (QED) is 0.186. The molecule has 1 aliphatic rings. The van der Waals surface area contributed by atoms with Gasteiger partial charge in [-0.1, -0.05) is 121 Å². The summed E-state index contributed by atoms with van der Waals surface area (Å²) in [4.78, 5) is 0. The van der Waals surface area contributed by atoms with Crippen LogP contribution in [0.1, 0.15) is 6.42 Å². The molecule has 0 fully saturated rings. The maximum atomic E-state index is 15.1. The number of rotatable bonds is 6. The van der Waals surface area contributed by atoms with Gasteiger partial charge in [-0.3, -0.25) is 0 Å². The molecule has 1 nitrogen and oxygen atoms in total. The van der Waals surface area contributed by atoms with Crippen molar-refractivity contribution >= 4 is 73.1 Å². The van der Waals surface area contributed by atoms with Crippen molar-refractivity contribution in [2.24, 2.45) is 0 Å². The van der Waals surface area contributed by atoms with Crippen LogP contribution in [0.3, 0.4) is 0 Å². The highest BCUT2D eigenvalue weighted by atomic mass is 32.1. The summed E-state index contributed by atoms with van der Waals surface area (Å²) >= 11 is 1.82. The Hall–Kier alpha value is -3.54. The predicted molar refractivity (Wildman–Crippen MR) is 178 cm³/mol. The van der Waals surface area contributed by atoms with Crippen LogP contribution < -0.4 is 26.5 Å². The topological polar surface area (TPSA) is 17.1 Å². The fourth-order valence-corrected chi connectivity index (χ4v) is 12.2. The first-order chi connectivity index (χ1) is 19.7.